The van der Waals surface area contributed by atoms with E-state index in [1.54, 1.807) is 18.2 Å². The smallest absolute Gasteiger partial charge is 0.243 e. The van der Waals surface area contributed by atoms with Crippen molar-refractivity contribution in [2.75, 3.05) is 16.8 Å². The van der Waals surface area contributed by atoms with Crippen molar-refractivity contribution in [1.82, 2.24) is 0 Å². The number of carbonyl (C=O) groups excluding carboxylic acids is 1. The second-order valence-corrected chi connectivity index (χ2v) is 5.67. The zero-order chi connectivity index (χ0) is 15.5. The number of benzene rings is 2. The van der Waals surface area contributed by atoms with Gasteiger partial charge < -0.3 is 10.2 Å². The maximum absolute atomic E-state index is 13.6. The van der Waals surface area contributed by atoms with Crippen molar-refractivity contribution in [1.29, 1.82) is 0 Å². The van der Waals surface area contributed by atoms with E-state index < -0.39 is 5.82 Å². The highest BCUT2D eigenvalue weighted by Crippen LogP contribution is 2.30. The predicted octanol–water partition coefficient (Wildman–Crippen LogP) is 3.61. The predicted molar refractivity (Wildman–Crippen MR) is 86.6 cm³/mol. The summed E-state index contributed by atoms with van der Waals surface area (Å²) in [6.45, 7) is 2.35. The summed E-state index contributed by atoms with van der Waals surface area (Å²) in [5.74, 6) is -0.614. The highest BCUT2D eigenvalue weighted by Gasteiger charge is 2.24. The summed E-state index contributed by atoms with van der Waals surface area (Å²) in [5, 5.41) is 2.65. The molecule has 1 atom stereocenters. The second kappa shape index (κ2) is 6.18. The molecule has 0 spiro atoms. The summed E-state index contributed by atoms with van der Waals surface area (Å²) in [7, 11) is 0. The molecule has 1 aliphatic heterocycles. The number of nitrogens with zero attached hydrogens (tertiary/aromatic N) is 1. The van der Waals surface area contributed by atoms with Gasteiger partial charge in [-0.1, -0.05) is 30.3 Å². The van der Waals surface area contributed by atoms with Gasteiger partial charge in [0.2, 0.25) is 5.91 Å². The minimum absolute atomic E-state index is 0.200. The van der Waals surface area contributed by atoms with Gasteiger partial charge in [0.1, 0.15) is 5.82 Å². The zero-order valence-electron chi connectivity index (χ0n) is 12.6. The molecule has 0 unspecified atom stereocenters. The number of para-hydroxylation sites is 2. The summed E-state index contributed by atoms with van der Waals surface area (Å²) in [5.41, 5.74) is 2.59. The molecule has 1 N–H and O–H groups in total. The molecule has 2 aromatic carbocycles. The van der Waals surface area contributed by atoms with Crippen LogP contribution in [0, 0.1) is 5.82 Å². The molecule has 1 amide bonds. The van der Waals surface area contributed by atoms with Gasteiger partial charge in [-0.05, 0) is 43.5 Å². The molecule has 22 heavy (non-hydrogen) atoms. The Morgan fingerprint density at radius 2 is 1.95 bits per heavy atom. The Hall–Kier alpha value is -2.36. The van der Waals surface area contributed by atoms with Crippen molar-refractivity contribution >= 4 is 17.3 Å². The Balaban J connectivity index is 1.75. The maximum atomic E-state index is 13.6. The monoisotopic (exact) mass is 298 g/mol. The lowest BCUT2D eigenvalue weighted by molar-refractivity contribution is -0.115. The van der Waals surface area contributed by atoms with Crippen molar-refractivity contribution in [3.05, 3.63) is 59.9 Å². The van der Waals surface area contributed by atoms with Crippen molar-refractivity contribution < 1.29 is 9.18 Å². The third-order valence-corrected chi connectivity index (χ3v) is 4.13. The van der Waals surface area contributed by atoms with E-state index in [9.17, 15) is 9.18 Å². The number of rotatable bonds is 3. The second-order valence-electron chi connectivity index (χ2n) is 5.67. The molecule has 1 heterocycles. The van der Waals surface area contributed by atoms with E-state index in [4.69, 9.17) is 0 Å². The number of carbonyl (C=O) groups is 1. The standard InChI is InChI=1S/C18H19FN2O/c1-13-10-11-14-6-2-5-9-17(14)21(13)12-18(22)20-16-8-4-3-7-15(16)19/h2-9,13H,10-12H2,1H3,(H,20,22)/t13-/m1/s1. The summed E-state index contributed by atoms with van der Waals surface area (Å²) >= 11 is 0. The molecule has 0 radical (unpaired) electrons. The molecule has 0 bridgehead atoms. The van der Waals surface area contributed by atoms with E-state index >= 15 is 0 Å². The highest BCUT2D eigenvalue weighted by molar-refractivity contribution is 5.94. The molecule has 1 aliphatic rings. The topological polar surface area (TPSA) is 32.3 Å². The number of amides is 1. The van der Waals surface area contributed by atoms with Gasteiger partial charge >= 0.3 is 0 Å². The molecule has 3 nitrogen and oxygen atoms in total. The average Bonchev–Trinajstić information content (AvgIpc) is 2.52. The molecule has 0 aromatic heterocycles. The molecule has 2 aromatic rings. The van der Waals surface area contributed by atoms with Crippen LogP contribution in [0.15, 0.2) is 48.5 Å². The number of nitrogens with one attached hydrogen (secondary N) is 1. The molecule has 3 rings (SSSR count). The minimum atomic E-state index is -0.414. The lowest BCUT2D eigenvalue weighted by Crippen LogP contribution is -2.42. The lowest BCUT2D eigenvalue weighted by Gasteiger charge is -2.36. The van der Waals surface area contributed by atoms with Crippen LogP contribution in [0.2, 0.25) is 0 Å². The fourth-order valence-corrected chi connectivity index (χ4v) is 2.91. The molecule has 0 aliphatic carbocycles. The molecular weight excluding hydrogens is 279 g/mol. The molecule has 0 fully saturated rings. The van der Waals surface area contributed by atoms with Gasteiger partial charge in [-0.25, -0.2) is 4.39 Å². The average molecular weight is 298 g/mol. The van der Waals surface area contributed by atoms with Gasteiger partial charge in [0.05, 0.1) is 12.2 Å². The van der Waals surface area contributed by atoms with Crippen LogP contribution in [0.5, 0.6) is 0 Å². The first-order chi connectivity index (χ1) is 10.6. The first-order valence-electron chi connectivity index (χ1n) is 7.54. The molecule has 4 heteroatoms. The number of anilines is 2. The first-order valence-corrected chi connectivity index (χ1v) is 7.54. The zero-order valence-corrected chi connectivity index (χ0v) is 12.6. The lowest BCUT2D eigenvalue weighted by atomic mass is 9.96. The molecule has 0 saturated carbocycles. The van der Waals surface area contributed by atoms with Crippen LogP contribution < -0.4 is 10.2 Å². The van der Waals surface area contributed by atoms with Gasteiger partial charge in [0.25, 0.3) is 0 Å². The Labute approximate surface area is 129 Å². The van der Waals surface area contributed by atoms with E-state index in [1.807, 2.05) is 18.2 Å². The van der Waals surface area contributed by atoms with Crippen LogP contribution in [0.4, 0.5) is 15.8 Å². The van der Waals surface area contributed by atoms with Gasteiger partial charge in [-0.3, -0.25) is 4.79 Å². The summed E-state index contributed by atoms with van der Waals surface area (Å²) in [6, 6.07) is 14.7. The third-order valence-electron chi connectivity index (χ3n) is 4.13. The summed E-state index contributed by atoms with van der Waals surface area (Å²) in [4.78, 5) is 14.4. The summed E-state index contributed by atoms with van der Waals surface area (Å²) in [6.07, 6.45) is 2.05. The molecular formula is C18H19FN2O. The van der Waals surface area contributed by atoms with E-state index in [2.05, 4.69) is 23.2 Å². The van der Waals surface area contributed by atoms with Crippen LogP contribution in [0.1, 0.15) is 18.9 Å². The Morgan fingerprint density at radius 1 is 1.23 bits per heavy atom. The number of hydrogen-bond donors (Lipinski definition) is 1. The van der Waals surface area contributed by atoms with Crippen LogP contribution in [0.25, 0.3) is 0 Å². The first kappa shape index (κ1) is 14.6. The van der Waals surface area contributed by atoms with Gasteiger partial charge in [0, 0.05) is 11.7 Å². The number of hydrogen-bond acceptors (Lipinski definition) is 2. The highest BCUT2D eigenvalue weighted by atomic mass is 19.1. The van der Waals surface area contributed by atoms with Crippen molar-refractivity contribution in [3.8, 4) is 0 Å². The number of halogens is 1. The van der Waals surface area contributed by atoms with E-state index in [0.717, 1.165) is 18.5 Å². The van der Waals surface area contributed by atoms with Gasteiger partial charge in [-0.15, -0.1) is 0 Å². The Morgan fingerprint density at radius 3 is 2.77 bits per heavy atom. The van der Waals surface area contributed by atoms with E-state index in [0.29, 0.717) is 6.04 Å². The summed E-state index contributed by atoms with van der Waals surface area (Å²) < 4.78 is 13.6. The van der Waals surface area contributed by atoms with Crippen molar-refractivity contribution in [2.24, 2.45) is 0 Å². The molecule has 0 saturated heterocycles. The van der Waals surface area contributed by atoms with Crippen LogP contribution in [-0.2, 0) is 11.2 Å². The van der Waals surface area contributed by atoms with Gasteiger partial charge in [-0.2, -0.15) is 0 Å². The van der Waals surface area contributed by atoms with Crippen molar-refractivity contribution in [3.63, 3.8) is 0 Å². The fourth-order valence-electron chi connectivity index (χ4n) is 2.91. The third kappa shape index (κ3) is 2.96. The Kier molecular flexibility index (Phi) is 4.09. The molecule has 114 valence electrons. The number of fused-ring (bicyclic) bond motifs is 1. The van der Waals surface area contributed by atoms with Crippen LogP contribution in [-0.4, -0.2) is 18.5 Å². The van der Waals surface area contributed by atoms with Crippen LogP contribution >= 0.6 is 0 Å². The van der Waals surface area contributed by atoms with E-state index in [1.165, 1.54) is 11.6 Å². The van der Waals surface area contributed by atoms with E-state index in [-0.39, 0.29) is 18.1 Å². The van der Waals surface area contributed by atoms with Gasteiger partial charge in [0.15, 0.2) is 0 Å². The maximum Gasteiger partial charge on any atom is 0.243 e. The Bertz CT molecular complexity index is 686. The van der Waals surface area contributed by atoms with Crippen molar-refractivity contribution in [2.45, 2.75) is 25.8 Å². The fraction of sp³-hybridized carbons (Fsp3) is 0.278. The quantitative estimate of drug-likeness (QED) is 0.939. The number of aryl methyl sites for hydroxylation is 1. The minimum Gasteiger partial charge on any atom is -0.359 e. The van der Waals surface area contributed by atoms with Crippen LogP contribution in [0.3, 0.4) is 0 Å². The largest absolute Gasteiger partial charge is 0.359 e. The SMILES string of the molecule is C[C@@H]1CCc2ccccc2N1CC(=O)Nc1ccccc1F. The normalized spacial score (nSPS) is 17.0.